The lowest BCUT2D eigenvalue weighted by Crippen LogP contribution is -2.47. The molecule has 1 unspecified atom stereocenters. The number of para-hydroxylation sites is 1. The molecule has 6 nitrogen and oxygen atoms in total. The van der Waals surface area contributed by atoms with Gasteiger partial charge in [-0.1, -0.05) is 18.2 Å². The number of aryl methyl sites for hydroxylation is 1. The molecule has 1 aromatic heterocycles. The average molecular weight is 327 g/mol. The van der Waals surface area contributed by atoms with Gasteiger partial charge in [-0.15, -0.1) is 0 Å². The van der Waals surface area contributed by atoms with Crippen LogP contribution < -0.4 is 10.6 Å². The second-order valence-electron chi connectivity index (χ2n) is 5.87. The lowest BCUT2D eigenvalue weighted by Gasteiger charge is -2.24. The van der Waals surface area contributed by atoms with E-state index in [9.17, 15) is 9.59 Å². The molecule has 6 heteroatoms. The van der Waals surface area contributed by atoms with Crippen molar-refractivity contribution in [2.24, 2.45) is 0 Å². The summed E-state index contributed by atoms with van der Waals surface area (Å²) in [7, 11) is 0. The van der Waals surface area contributed by atoms with Gasteiger partial charge in [-0.3, -0.25) is 4.79 Å². The number of nitrogens with one attached hydrogen (secondary N) is 2. The van der Waals surface area contributed by atoms with Gasteiger partial charge in [0.25, 0.3) is 0 Å². The summed E-state index contributed by atoms with van der Waals surface area (Å²) in [6.07, 6.45) is 3.11. The molecule has 0 saturated carbocycles. The van der Waals surface area contributed by atoms with Crippen LogP contribution in [-0.2, 0) is 11.3 Å². The van der Waals surface area contributed by atoms with Crippen molar-refractivity contribution in [1.29, 1.82) is 0 Å². The normalized spacial score (nSPS) is 16.9. The first-order chi connectivity index (χ1) is 11.6. The minimum atomic E-state index is -0.430. The third-order valence-electron chi connectivity index (χ3n) is 4.26. The van der Waals surface area contributed by atoms with Crippen molar-refractivity contribution in [3.63, 3.8) is 0 Å². The zero-order valence-corrected chi connectivity index (χ0v) is 13.6. The highest BCUT2D eigenvalue weighted by Crippen LogP contribution is 2.19. The van der Waals surface area contributed by atoms with E-state index in [1.165, 1.54) is 0 Å². The molecule has 2 N–H and O–H groups in total. The molecule has 1 aromatic carbocycles. The molecule has 0 bridgehead atoms. The van der Waals surface area contributed by atoms with Crippen LogP contribution in [0, 0.1) is 6.92 Å². The van der Waals surface area contributed by atoms with Crippen LogP contribution in [0.5, 0.6) is 0 Å². The first-order valence-electron chi connectivity index (χ1n) is 8.08. The number of urea groups is 1. The molecule has 24 heavy (non-hydrogen) atoms. The van der Waals surface area contributed by atoms with Crippen molar-refractivity contribution in [3.8, 4) is 0 Å². The van der Waals surface area contributed by atoms with Crippen LogP contribution in [0.4, 0.5) is 10.5 Å². The van der Waals surface area contributed by atoms with Crippen molar-refractivity contribution in [2.75, 3.05) is 11.9 Å². The van der Waals surface area contributed by atoms with E-state index in [4.69, 9.17) is 4.42 Å². The fourth-order valence-electron chi connectivity index (χ4n) is 2.89. The Morgan fingerprint density at radius 2 is 2.04 bits per heavy atom. The Bertz CT molecular complexity index is 711. The molecular weight excluding hydrogens is 306 g/mol. The number of hydrogen-bond acceptors (Lipinski definition) is 3. The van der Waals surface area contributed by atoms with Gasteiger partial charge in [0.15, 0.2) is 0 Å². The molecule has 1 saturated heterocycles. The standard InChI is InChI=1S/C18H21N3O3/c1-13-14(9-11-24-13)12-19-17(22)16-8-5-10-21(16)18(23)20-15-6-3-2-4-7-15/h2-4,6-7,9,11,16H,5,8,10,12H2,1H3,(H,19,22)(H,20,23). The first kappa shape index (κ1) is 16.1. The topological polar surface area (TPSA) is 74.6 Å². The summed E-state index contributed by atoms with van der Waals surface area (Å²) >= 11 is 0. The van der Waals surface area contributed by atoms with Crippen molar-refractivity contribution in [3.05, 3.63) is 54.0 Å². The number of amides is 3. The number of furan rings is 1. The van der Waals surface area contributed by atoms with Crippen molar-refractivity contribution in [2.45, 2.75) is 32.4 Å². The number of nitrogens with zero attached hydrogens (tertiary/aromatic N) is 1. The SMILES string of the molecule is Cc1occc1CNC(=O)C1CCCN1C(=O)Nc1ccccc1. The molecule has 3 amide bonds. The smallest absolute Gasteiger partial charge is 0.322 e. The maximum Gasteiger partial charge on any atom is 0.322 e. The number of rotatable bonds is 4. The van der Waals surface area contributed by atoms with Gasteiger partial charge in [0, 0.05) is 24.3 Å². The van der Waals surface area contributed by atoms with E-state index in [0.29, 0.717) is 19.5 Å². The first-order valence-corrected chi connectivity index (χ1v) is 8.08. The predicted octanol–water partition coefficient (Wildman–Crippen LogP) is 2.90. The van der Waals surface area contributed by atoms with Gasteiger partial charge in [-0.25, -0.2) is 4.79 Å². The van der Waals surface area contributed by atoms with E-state index in [1.54, 1.807) is 11.2 Å². The third-order valence-corrected chi connectivity index (χ3v) is 4.26. The zero-order chi connectivity index (χ0) is 16.9. The number of benzene rings is 1. The lowest BCUT2D eigenvalue weighted by molar-refractivity contribution is -0.124. The average Bonchev–Trinajstić information content (AvgIpc) is 3.22. The summed E-state index contributed by atoms with van der Waals surface area (Å²) in [6, 6.07) is 10.4. The molecule has 1 atom stereocenters. The highest BCUT2D eigenvalue weighted by molar-refractivity contribution is 5.94. The maximum atomic E-state index is 12.5. The number of likely N-dealkylation sites (tertiary alicyclic amines) is 1. The molecule has 2 heterocycles. The molecular formula is C18H21N3O3. The van der Waals surface area contributed by atoms with Gasteiger partial charge in [0.05, 0.1) is 6.26 Å². The molecule has 1 aliphatic rings. The highest BCUT2D eigenvalue weighted by atomic mass is 16.3. The fraction of sp³-hybridized carbons (Fsp3) is 0.333. The van der Waals surface area contributed by atoms with Gasteiger partial charge in [-0.05, 0) is 38.0 Å². The minimum absolute atomic E-state index is 0.128. The van der Waals surface area contributed by atoms with Crippen LogP contribution in [0.3, 0.4) is 0 Å². The number of anilines is 1. The molecule has 1 aliphatic heterocycles. The van der Waals surface area contributed by atoms with E-state index in [2.05, 4.69) is 10.6 Å². The number of carbonyl (C=O) groups is 2. The molecule has 0 radical (unpaired) electrons. The fourth-order valence-corrected chi connectivity index (χ4v) is 2.89. The largest absolute Gasteiger partial charge is 0.469 e. The van der Waals surface area contributed by atoms with Crippen LogP contribution in [0.2, 0.25) is 0 Å². The van der Waals surface area contributed by atoms with E-state index >= 15 is 0 Å². The van der Waals surface area contributed by atoms with Crippen molar-refractivity contribution >= 4 is 17.6 Å². The molecule has 1 fully saturated rings. The van der Waals surface area contributed by atoms with Crippen LogP contribution in [0.15, 0.2) is 47.1 Å². The lowest BCUT2D eigenvalue weighted by atomic mass is 10.2. The Hall–Kier alpha value is -2.76. The Morgan fingerprint density at radius 3 is 2.75 bits per heavy atom. The van der Waals surface area contributed by atoms with Crippen molar-refractivity contribution < 1.29 is 14.0 Å². The Labute approximate surface area is 140 Å². The predicted molar refractivity (Wildman–Crippen MR) is 90.5 cm³/mol. The summed E-state index contributed by atoms with van der Waals surface area (Å²) < 4.78 is 5.22. The summed E-state index contributed by atoms with van der Waals surface area (Å²) in [6.45, 7) is 2.85. The van der Waals surface area contributed by atoms with E-state index in [1.807, 2.05) is 43.3 Å². The van der Waals surface area contributed by atoms with Gasteiger partial charge in [0.1, 0.15) is 11.8 Å². The van der Waals surface area contributed by atoms with E-state index in [-0.39, 0.29) is 11.9 Å². The highest BCUT2D eigenvalue weighted by Gasteiger charge is 2.34. The summed E-state index contributed by atoms with van der Waals surface area (Å²) in [5, 5.41) is 5.74. The molecule has 126 valence electrons. The molecule has 2 aromatic rings. The number of hydrogen-bond donors (Lipinski definition) is 2. The minimum Gasteiger partial charge on any atom is -0.469 e. The summed E-state index contributed by atoms with van der Waals surface area (Å²) in [4.78, 5) is 26.5. The summed E-state index contributed by atoms with van der Waals surface area (Å²) in [5.41, 5.74) is 1.67. The summed E-state index contributed by atoms with van der Waals surface area (Å²) in [5.74, 6) is 0.664. The van der Waals surface area contributed by atoms with Crippen molar-refractivity contribution in [1.82, 2.24) is 10.2 Å². The molecule has 0 aliphatic carbocycles. The van der Waals surface area contributed by atoms with Gasteiger partial charge in [0.2, 0.25) is 5.91 Å². The maximum absolute atomic E-state index is 12.5. The zero-order valence-electron chi connectivity index (χ0n) is 13.6. The van der Waals surface area contributed by atoms with Gasteiger partial charge < -0.3 is 20.0 Å². The Kier molecular flexibility index (Phi) is 4.84. The van der Waals surface area contributed by atoms with E-state index < -0.39 is 6.04 Å². The monoisotopic (exact) mass is 327 g/mol. The molecule has 0 spiro atoms. The van der Waals surface area contributed by atoms with Gasteiger partial charge >= 0.3 is 6.03 Å². The van der Waals surface area contributed by atoms with E-state index in [0.717, 1.165) is 23.4 Å². The van der Waals surface area contributed by atoms with Crippen LogP contribution in [-0.4, -0.2) is 29.4 Å². The second-order valence-corrected chi connectivity index (χ2v) is 5.87. The van der Waals surface area contributed by atoms with Crippen LogP contribution in [0.25, 0.3) is 0 Å². The van der Waals surface area contributed by atoms with Gasteiger partial charge in [-0.2, -0.15) is 0 Å². The number of carbonyl (C=O) groups excluding carboxylic acids is 2. The van der Waals surface area contributed by atoms with Crippen LogP contribution in [0.1, 0.15) is 24.2 Å². The third kappa shape index (κ3) is 3.59. The quantitative estimate of drug-likeness (QED) is 0.907. The Balaban J connectivity index is 1.59. The molecule has 3 rings (SSSR count). The Morgan fingerprint density at radius 1 is 1.25 bits per heavy atom. The van der Waals surface area contributed by atoms with Crippen LogP contribution >= 0.6 is 0 Å². The second kappa shape index (κ2) is 7.21.